The zero-order valence-corrected chi connectivity index (χ0v) is 17.9. The van der Waals surface area contributed by atoms with Crippen LogP contribution < -0.4 is 16.0 Å². The molecule has 33 heavy (non-hydrogen) atoms. The van der Waals surface area contributed by atoms with Gasteiger partial charge >= 0.3 is 5.69 Å². The summed E-state index contributed by atoms with van der Waals surface area (Å²) in [6, 6.07) is 13.6. The van der Waals surface area contributed by atoms with Crippen molar-refractivity contribution in [3.05, 3.63) is 87.0 Å². The summed E-state index contributed by atoms with van der Waals surface area (Å²) < 4.78 is 14.7. The van der Waals surface area contributed by atoms with Crippen LogP contribution >= 0.6 is 0 Å². The molecule has 0 spiro atoms. The molecular formula is C23H23N5O5. The van der Waals surface area contributed by atoms with Gasteiger partial charge in [0, 0.05) is 18.2 Å². The van der Waals surface area contributed by atoms with Gasteiger partial charge in [0.2, 0.25) is 0 Å². The van der Waals surface area contributed by atoms with Crippen molar-refractivity contribution in [1.29, 1.82) is 0 Å². The third-order valence-electron chi connectivity index (χ3n) is 5.85. The molecule has 0 unspecified atom stereocenters. The van der Waals surface area contributed by atoms with Crippen molar-refractivity contribution in [3.8, 4) is 5.75 Å². The van der Waals surface area contributed by atoms with Gasteiger partial charge < -0.3 is 14.6 Å². The van der Waals surface area contributed by atoms with Gasteiger partial charge in [0.15, 0.2) is 0 Å². The number of aromatic amines is 1. The van der Waals surface area contributed by atoms with Crippen molar-refractivity contribution in [2.75, 3.05) is 6.61 Å². The number of rotatable bonds is 6. The molecule has 1 saturated heterocycles. The van der Waals surface area contributed by atoms with E-state index in [2.05, 4.69) is 15.3 Å². The van der Waals surface area contributed by atoms with Crippen LogP contribution in [-0.4, -0.2) is 42.4 Å². The van der Waals surface area contributed by atoms with Gasteiger partial charge in [0.1, 0.15) is 30.4 Å². The second-order valence-corrected chi connectivity index (χ2v) is 8.08. The smallest absolute Gasteiger partial charge is 0.330 e. The number of aromatic nitrogens is 5. The van der Waals surface area contributed by atoms with Crippen LogP contribution in [0.3, 0.4) is 0 Å². The number of nitrogens with one attached hydrogen (secondary N) is 1. The average molecular weight is 449 g/mol. The van der Waals surface area contributed by atoms with Crippen LogP contribution in [0.4, 0.5) is 0 Å². The molecule has 3 atom stereocenters. The maximum absolute atomic E-state index is 12.2. The van der Waals surface area contributed by atoms with E-state index in [9.17, 15) is 14.7 Å². The standard InChI is InChI=1S/C23H23N5O5/c1-14-10-27(23(31)24-22(14)30)21-9-19(20(12-29)33-21)28-11-17(25-26-28)13-32-18-7-6-15-4-2-3-5-16(15)8-18/h2-8,10-11,19-21,29H,9,12-13H2,1H3,(H,24,30,31)/t19-,20+,21+/m0/s1. The van der Waals surface area contributed by atoms with E-state index in [0.717, 1.165) is 16.5 Å². The Hall–Kier alpha value is -3.76. The number of hydrogen-bond donors (Lipinski definition) is 2. The molecule has 0 bridgehead atoms. The molecular weight excluding hydrogens is 426 g/mol. The first-order chi connectivity index (χ1) is 16.0. The molecule has 2 aromatic carbocycles. The second kappa shape index (κ2) is 8.64. The van der Waals surface area contributed by atoms with Crippen molar-refractivity contribution in [1.82, 2.24) is 24.5 Å². The lowest BCUT2D eigenvalue weighted by Gasteiger charge is -2.15. The summed E-state index contributed by atoms with van der Waals surface area (Å²) in [6.07, 6.45) is 2.38. The molecule has 0 saturated carbocycles. The van der Waals surface area contributed by atoms with Gasteiger partial charge in [-0.05, 0) is 29.8 Å². The first kappa shape index (κ1) is 21.1. The number of hydrogen-bond acceptors (Lipinski definition) is 7. The minimum Gasteiger partial charge on any atom is -0.487 e. The predicted octanol–water partition coefficient (Wildman–Crippen LogP) is 1.69. The highest BCUT2D eigenvalue weighted by Gasteiger charge is 2.38. The molecule has 4 aromatic rings. The molecule has 0 amide bonds. The van der Waals surface area contributed by atoms with E-state index in [4.69, 9.17) is 9.47 Å². The van der Waals surface area contributed by atoms with Crippen molar-refractivity contribution in [2.45, 2.75) is 38.3 Å². The SMILES string of the molecule is Cc1cn([C@H]2C[C@H](n3cc(COc4ccc5ccccc5c4)nn3)[C@@H](CO)O2)c(=O)[nH]c1=O. The molecule has 0 aliphatic carbocycles. The van der Waals surface area contributed by atoms with Gasteiger partial charge in [-0.15, -0.1) is 5.10 Å². The Kier molecular flexibility index (Phi) is 5.53. The van der Waals surface area contributed by atoms with Gasteiger partial charge in [-0.3, -0.25) is 14.3 Å². The quantitative estimate of drug-likeness (QED) is 0.459. The lowest BCUT2D eigenvalue weighted by Crippen LogP contribution is -2.33. The molecule has 170 valence electrons. The molecule has 5 rings (SSSR count). The number of aliphatic hydroxyl groups excluding tert-OH is 1. The van der Waals surface area contributed by atoms with Crippen molar-refractivity contribution < 1.29 is 14.6 Å². The first-order valence-electron chi connectivity index (χ1n) is 10.6. The Labute approximate surface area is 188 Å². The van der Waals surface area contributed by atoms with E-state index in [-0.39, 0.29) is 19.3 Å². The Morgan fingerprint density at radius 2 is 2.00 bits per heavy atom. The van der Waals surface area contributed by atoms with E-state index in [1.165, 1.54) is 10.8 Å². The number of ether oxygens (including phenoxy) is 2. The highest BCUT2D eigenvalue weighted by atomic mass is 16.5. The summed E-state index contributed by atoms with van der Waals surface area (Å²) >= 11 is 0. The number of fused-ring (bicyclic) bond motifs is 1. The minimum atomic E-state index is -0.642. The molecule has 10 heteroatoms. The van der Waals surface area contributed by atoms with Gasteiger partial charge in [-0.1, -0.05) is 35.5 Å². The molecule has 1 aliphatic rings. The summed E-state index contributed by atoms with van der Waals surface area (Å²) in [4.78, 5) is 26.2. The third-order valence-corrected chi connectivity index (χ3v) is 5.85. The van der Waals surface area contributed by atoms with E-state index < -0.39 is 23.6 Å². The van der Waals surface area contributed by atoms with Crippen LogP contribution in [-0.2, 0) is 11.3 Å². The highest BCUT2D eigenvalue weighted by molar-refractivity contribution is 5.83. The van der Waals surface area contributed by atoms with Crippen molar-refractivity contribution in [3.63, 3.8) is 0 Å². The molecule has 3 heterocycles. The third kappa shape index (κ3) is 4.18. The van der Waals surface area contributed by atoms with E-state index in [1.54, 1.807) is 17.8 Å². The zero-order chi connectivity index (χ0) is 22.9. The van der Waals surface area contributed by atoms with Crippen LogP contribution in [0, 0.1) is 6.92 Å². The molecule has 1 aliphatic heterocycles. The Morgan fingerprint density at radius 1 is 1.18 bits per heavy atom. The van der Waals surface area contributed by atoms with Crippen molar-refractivity contribution >= 4 is 10.8 Å². The van der Waals surface area contributed by atoms with E-state index >= 15 is 0 Å². The van der Waals surface area contributed by atoms with Crippen LogP contribution in [0.1, 0.15) is 29.9 Å². The second-order valence-electron chi connectivity index (χ2n) is 8.08. The fraction of sp³-hybridized carbons (Fsp3) is 0.304. The monoisotopic (exact) mass is 449 g/mol. The maximum Gasteiger partial charge on any atom is 0.330 e. The molecule has 1 fully saturated rings. The summed E-state index contributed by atoms with van der Waals surface area (Å²) in [5.74, 6) is 0.730. The molecule has 2 N–H and O–H groups in total. The lowest BCUT2D eigenvalue weighted by atomic mass is 10.1. The first-order valence-corrected chi connectivity index (χ1v) is 10.6. The van der Waals surface area contributed by atoms with Crippen LogP contribution in [0.15, 0.2) is 64.4 Å². The number of H-pyrrole nitrogens is 1. The largest absolute Gasteiger partial charge is 0.487 e. The number of nitrogens with zero attached hydrogens (tertiary/aromatic N) is 4. The van der Waals surface area contributed by atoms with Gasteiger partial charge in [-0.2, -0.15) is 0 Å². The summed E-state index contributed by atoms with van der Waals surface area (Å²) in [6.45, 7) is 1.60. The number of aliphatic hydroxyl groups is 1. The Balaban J connectivity index is 1.30. The fourth-order valence-electron chi connectivity index (χ4n) is 4.08. The average Bonchev–Trinajstić information content (AvgIpc) is 3.47. The van der Waals surface area contributed by atoms with Gasteiger partial charge in [0.05, 0.1) is 18.8 Å². The minimum absolute atomic E-state index is 0.234. The molecule has 2 aromatic heterocycles. The van der Waals surface area contributed by atoms with Crippen LogP contribution in [0.25, 0.3) is 10.8 Å². The Bertz CT molecular complexity index is 1410. The lowest BCUT2D eigenvalue weighted by molar-refractivity contribution is -0.0323. The van der Waals surface area contributed by atoms with Crippen molar-refractivity contribution in [2.24, 2.45) is 0 Å². The van der Waals surface area contributed by atoms with Crippen LogP contribution in [0.2, 0.25) is 0 Å². The Morgan fingerprint density at radius 3 is 2.82 bits per heavy atom. The van der Waals surface area contributed by atoms with E-state index in [0.29, 0.717) is 17.7 Å². The summed E-state index contributed by atoms with van der Waals surface area (Å²) in [5, 5.41) is 20.4. The number of aryl methyl sites for hydroxylation is 1. The topological polar surface area (TPSA) is 124 Å². The van der Waals surface area contributed by atoms with E-state index in [1.807, 2.05) is 42.5 Å². The zero-order valence-electron chi connectivity index (χ0n) is 17.9. The fourth-order valence-corrected chi connectivity index (χ4v) is 4.08. The number of benzene rings is 2. The normalized spacial score (nSPS) is 20.4. The highest BCUT2D eigenvalue weighted by Crippen LogP contribution is 2.35. The maximum atomic E-state index is 12.2. The van der Waals surface area contributed by atoms with Crippen LogP contribution in [0.5, 0.6) is 5.75 Å². The summed E-state index contributed by atoms with van der Waals surface area (Å²) in [7, 11) is 0. The molecule has 10 nitrogen and oxygen atoms in total. The van der Waals surface area contributed by atoms with Gasteiger partial charge in [0.25, 0.3) is 5.56 Å². The predicted molar refractivity (Wildman–Crippen MR) is 119 cm³/mol. The summed E-state index contributed by atoms with van der Waals surface area (Å²) in [5.41, 5.74) is 0.0317. The van der Waals surface area contributed by atoms with Gasteiger partial charge in [-0.25, -0.2) is 9.48 Å². The molecule has 0 radical (unpaired) electrons.